The highest BCUT2D eigenvalue weighted by Gasteiger charge is 2.22. The predicted octanol–water partition coefficient (Wildman–Crippen LogP) is 1.35. The van der Waals surface area contributed by atoms with Gasteiger partial charge < -0.3 is 10.1 Å². The van der Waals surface area contributed by atoms with Gasteiger partial charge in [0.05, 0.1) is 19.3 Å². The zero-order valence-electron chi connectivity index (χ0n) is 10.1. The lowest BCUT2D eigenvalue weighted by Crippen LogP contribution is -2.47. The summed E-state index contributed by atoms with van der Waals surface area (Å²) < 4.78 is 5.27. The Hall–Kier alpha value is -1.39. The summed E-state index contributed by atoms with van der Waals surface area (Å²) in [4.78, 5) is 14.2. The molecule has 0 aliphatic carbocycles. The lowest BCUT2D eigenvalue weighted by molar-refractivity contribution is -0.122. The first-order valence-electron chi connectivity index (χ1n) is 5.95. The molecule has 0 bridgehead atoms. The number of carbonyl (C=O) groups excluding carboxylic acids is 1. The summed E-state index contributed by atoms with van der Waals surface area (Å²) in [6.45, 7) is 5.00. The van der Waals surface area contributed by atoms with Crippen molar-refractivity contribution in [2.45, 2.75) is 13.0 Å². The molecule has 1 N–H and O–H groups in total. The molecule has 92 valence electrons. The molecule has 0 unspecified atom stereocenters. The molecule has 0 saturated carbocycles. The molecule has 1 amide bonds. The Bertz CT molecular complexity index is 361. The zero-order chi connectivity index (χ0) is 12.1. The summed E-state index contributed by atoms with van der Waals surface area (Å²) in [5.74, 6) is 0.0399. The molecule has 1 aliphatic heterocycles. The summed E-state index contributed by atoms with van der Waals surface area (Å²) in [7, 11) is 0. The highest BCUT2D eigenvalue weighted by atomic mass is 16.5. The van der Waals surface area contributed by atoms with E-state index in [1.165, 1.54) is 0 Å². The normalized spacial score (nSPS) is 18.6. The Labute approximate surface area is 102 Å². The van der Waals surface area contributed by atoms with Crippen molar-refractivity contribution >= 4 is 11.6 Å². The van der Waals surface area contributed by atoms with E-state index in [4.69, 9.17) is 4.74 Å². The monoisotopic (exact) mass is 234 g/mol. The van der Waals surface area contributed by atoms with Crippen LogP contribution < -0.4 is 5.32 Å². The zero-order valence-corrected chi connectivity index (χ0v) is 10.1. The van der Waals surface area contributed by atoms with Crippen LogP contribution in [0, 0.1) is 0 Å². The molecule has 1 aromatic carbocycles. The molecule has 17 heavy (non-hydrogen) atoms. The van der Waals surface area contributed by atoms with Gasteiger partial charge in [-0.25, -0.2) is 0 Å². The van der Waals surface area contributed by atoms with E-state index in [1.54, 1.807) is 0 Å². The molecular formula is C13H18N2O2. The number of benzene rings is 1. The lowest BCUT2D eigenvalue weighted by atomic mass is 10.2. The minimum Gasteiger partial charge on any atom is -0.379 e. The fraction of sp³-hybridized carbons (Fsp3) is 0.462. The van der Waals surface area contributed by atoms with Gasteiger partial charge in [-0.3, -0.25) is 9.69 Å². The molecular weight excluding hydrogens is 216 g/mol. The minimum atomic E-state index is -0.112. The Balaban J connectivity index is 1.90. The lowest BCUT2D eigenvalue weighted by Gasteiger charge is -2.31. The molecule has 0 radical (unpaired) electrons. The van der Waals surface area contributed by atoms with Crippen molar-refractivity contribution in [3.63, 3.8) is 0 Å². The van der Waals surface area contributed by atoms with Gasteiger partial charge in [0.15, 0.2) is 0 Å². The average Bonchev–Trinajstić information content (AvgIpc) is 2.40. The maximum Gasteiger partial charge on any atom is 0.241 e. The van der Waals surface area contributed by atoms with Gasteiger partial charge in [0, 0.05) is 18.8 Å². The number of rotatable bonds is 3. The van der Waals surface area contributed by atoms with Gasteiger partial charge in [0.2, 0.25) is 5.91 Å². The van der Waals surface area contributed by atoms with Gasteiger partial charge in [0.25, 0.3) is 0 Å². The standard InChI is InChI=1S/C13H18N2O2/c1-11(15-7-9-17-10-8-15)13(16)14-12-5-3-2-4-6-12/h2-6,11H,7-10H2,1H3,(H,14,16)/t11-/m1/s1. The van der Waals surface area contributed by atoms with E-state index in [1.807, 2.05) is 37.3 Å². The van der Waals surface area contributed by atoms with Gasteiger partial charge in [-0.1, -0.05) is 18.2 Å². The number of anilines is 1. The maximum atomic E-state index is 12.0. The van der Waals surface area contributed by atoms with E-state index < -0.39 is 0 Å². The van der Waals surface area contributed by atoms with Crippen LogP contribution in [-0.2, 0) is 9.53 Å². The molecule has 4 nitrogen and oxygen atoms in total. The highest BCUT2D eigenvalue weighted by Crippen LogP contribution is 2.09. The first kappa shape index (κ1) is 12.1. The van der Waals surface area contributed by atoms with Crippen LogP contribution in [0.5, 0.6) is 0 Å². The summed E-state index contributed by atoms with van der Waals surface area (Å²) in [5.41, 5.74) is 0.845. The van der Waals surface area contributed by atoms with Crippen molar-refractivity contribution in [3.05, 3.63) is 30.3 Å². The predicted molar refractivity (Wildman–Crippen MR) is 66.9 cm³/mol. The molecule has 4 heteroatoms. The maximum absolute atomic E-state index is 12.0. The van der Waals surface area contributed by atoms with Crippen LogP contribution in [0.2, 0.25) is 0 Å². The van der Waals surface area contributed by atoms with Crippen molar-refractivity contribution < 1.29 is 9.53 Å². The number of hydrogen-bond acceptors (Lipinski definition) is 3. The van der Waals surface area contributed by atoms with Crippen LogP contribution >= 0.6 is 0 Å². The molecule has 0 aromatic heterocycles. The summed E-state index contributed by atoms with van der Waals surface area (Å²) in [6.07, 6.45) is 0. The number of para-hydroxylation sites is 1. The van der Waals surface area contributed by atoms with Gasteiger partial charge in [0.1, 0.15) is 0 Å². The number of ether oxygens (including phenoxy) is 1. The van der Waals surface area contributed by atoms with E-state index in [-0.39, 0.29) is 11.9 Å². The fourth-order valence-electron chi connectivity index (χ4n) is 1.90. The van der Waals surface area contributed by atoms with Gasteiger partial charge >= 0.3 is 0 Å². The van der Waals surface area contributed by atoms with Crippen LogP contribution in [0.1, 0.15) is 6.92 Å². The second-order valence-corrected chi connectivity index (χ2v) is 4.18. The number of nitrogens with one attached hydrogen (secondary N) is 1. The highest BCUT2D eigenvalue weighted by molar-refractivity contribution is 5.94. The van der Waals surface area contributed by atoms with E-state index >= 15 is 0 Å². The number of amides is 1. The van der Waals surface area contributed by atoms with Crippen molar-refractivity contribution in [1.82, 2.24) is 4.90 Å². The third-order valence-electron chi connectivity index (χ3n) is 3.01. The molecule has 1 aliphatic rings. The largest absolute Gasteiger partial charge is 0.379 e. The summed E-state index contributed by atoms with van der Waals surface area (Å²) in [5, 5.41) is 2.92. The molecule has 1 heterocycles. The number of carbonyl (C=O) groups is 1. The Morgan fingerprint density at radius 3 is 2.59 bits per heavy atom. The Morgan fingerprint density at radius 1 is 1.29 bits per heavy atom. The smallest absolute Gasteiger partial charge is 0.241 e. The number of morpholine rings is 1. The van der Waals surface area contributed by atoms with Gasteiger partial charge in [-0.15, -0.1) is 0 Å². The van der Waals surface area contributed by atoms with Crippen LogP contribution in [0.15, 0.2) is 30.3 Å². The molecule has 1 aromatic rings. The Morgan fingerprint density at radius 2 is 1.94 bits per heavy atom. The first-order valence-corrected chi connectivity index (χ1v) is 5.95. The molecule has 1 atom stereocenters. The second kappa shape index (κ2) is 5.80. The van der Waals surface area contributed by atoms with Crippen molar-refractivity contribution in [2.24, 2.45) is 0 Å². The van der Waals surface area contributed by atoms with Gasteiger partial charge in [-0.2, -0.15) is 0 Å². The summed E-state index contributed by atoms with van der Waals surface area (Å²) >= 11 is 0. The molecule has 0 spiro atoms. The molecule has 1 saturated heterocycles. The van der Waals surface area contributed by atoms with Crippen molar-refractivity contribution in [1.29, 1.82) is 0 Å². The van der Waals surface area contributed by atoms with Crippen LogP contribution in [0.3, 0.4) is 0 Å². The Kier molecular flexibility index (Phi) is 4.12. The number of hydrogen-bond donors (Lipinski definition) is 1. The molecule has 2 rings (SSSR count). The third kappa shape index (κ3) is 3.28. The topological polar surface area (TPSA) is 41.6 Å². The average molecular weight is 234 g/mol. The van der Waals surface area contributed by atoms with Gasteiger partial charge in [-0.05, 0) is 19.1 Å². The van der Waals surface area contributed by atoms with E-state index in [0.717, 1.165) is 18.8 Å². The van der Waals surface area contributed by atoms with E-state index in [9.17, 15) is 4.79 Å². The molecule has 1 fully saturated rings. The fourth-order valence-corrected chi connectivity index (χ4v) is 1.90. The third-order valence-corrected chi connectivity index (χ3v) is 3.01. The second-order valence-electron chi connectivity index (χ2n) is 4.18. The quantitative estimate of drug-likeness (QED) is 0.858. The summed E-state index contributed by atoms with van der Waals surface area (Å²) in [6, 6.07) is 9.43. The van der Waals surface area contributed by atoms with E-state index in [2.05, 4.69) is 10.2 Å². The number of nitrogens with zero attached hydrogens (tertiary/aromatic N) is 1. The van der Waals surface area contributed by atoms with Crippen LogP contribution in [-0.4, -0.2) is 43.2 Å². The first-order chi connectivity index (χ1) is 8.27. The SMILES string of the molecule is C[C@H](C(=O)Nc1ccccc1)N1CCOCC1. The minimum absolute atomic E-state index is 0.0399. The van der Waals surface area contributed by atoms with Crippen molar-refractivity contribution in [2.75, 3.05) is 31.6 Å². The van der Waals surface area contributed by atoms with E-state index in [0.29, 0.717) is 13.2 Å². The van der Waals surface area contributed by atoms with Crippen molar-refractivity contribution in [3.8, 4) is 0 Å². The van der Waals surface area contributed by atoms with Crippen LogP contribution in [0.25, 0.3) is 0 Å². The van der Waals surface area contributed by atoms with Crippen LogP contribution in [0.4, 0.5) is 5.69 Å².